The highest BCUT2D eigenvalue weighted by atomic mass is 16.5. The predicted molar refractivity (Wildman–Crippen MR) is 72.6 cm³/mol. The Labute approximate surface area is 117 Å². The lowest BCUT2D eigenvalue weighted by Gasteiger charge is -2.09. The molecule has 110 valence electrons. The van der Waals surface area contributed by atoms with E-state index in [0.717, 1.165) is 11.3 Å². The minimum absolute atomic E-state index is 0.0142. The molecule has 1 atom stereocenters. The molecule has 1 rings (SSSR count). The molecule has 0 unspecified atom stereocenters. The monoisotopic (exact) mass is 281 g/mol. The fraction of sp³-hybridized carbons (Fsp3) is 0.429. The summed E-state index contributed by atoms with van der Waals surface area (Å²) in [6.45, 7) is 2.29. The van der Waals surface area contributed by atoms with Gasteiger partial charge in [0.2, 0.25) is 5.91 Å². The van der Waals surface area contributed by atoms with Crippen LogP contribution in [0.4, 0.5) is 0 Å². The topological polar surface area (TPSA) is 95.9 Å². The van der Waals surface area contributed by atoms with E-state index in [0.29, 0.717) is 0 Å². The average Bonchev–Trinajstić information content (AvgIpc) is 2.40. The van der Waals surface area contributed by atoms with Gasteiger partial charge in [-0.25, -0.2) is 4.79 Å². The summed E-state index contributed by atoms with van der Waals surface area (Å²) >= 11 is 0. The van der Waals surface area contributed by atoms with Crippen LogP contribution < -0.4 is 10.1 Å². The Morgan fingerprint density at radius 3 is 2.70 bits per heavy atom. The smallest absolute Gasteiger partial charge is 0.332 e. The molecule has 6 nitrogen and oxygen atoms in total. The van der Waals surface area contributed by atoms with Gasteiger partial charge in [0.15, 0.2) is 6.10 Å². The summed E-state index contributed by atoms with van der Waals surface area (Å²) in [7, 11) is 0. The van der Waals surface area contributed by atoms with Crippen LogP contribution in [0.3, 0.4) is 0 Å². The lowest BCUT2D eigenvalue weighted by Crippen LogP contribution is -2.30. The number of nitrogens with one attached hydrogen (secondary N) is 1. The van der Waals surface area contributed by atoms with Crippen LogP contribution in [-0.2, 0) is 9.59 Å². The third-order valence-electron chi connectivity index (χ3n) is 2.71. The fourth-order valence-corrected chi connectivity index (χ4v) is 1.53. The number of aliphatic hydroxyl groups excluding tert-OH is 1. The van der Waals surface area contributed by atoms with Crippen LogP contribution >= 0.6 is 0 Å². The van der Waals surface area contributed by atoms with Crippen LogP contribution in [0.2, 0.25) is 0 Å². The molecule has 1 aromatic carbocycles. The molecule has 3 N–H and O–H groups in total. The molecule has 1 amide bonds. The number of carbonyl (C=O) groups is 2. The van der Waals surface area contributed by atoms with Crippen molar-refractivity contribution in [2.45, 2.75) is 25.9 Å². The Morgan fingerprint density at radius 2 is 2.05 bits per heavy atom. The van der Waals surface area contributed by atoms with Crippen LogP contribution in [0.5, 0.6) is 5.75 Å². The molecule has 0 aliphatic rings. The summed E-state index contributed by atoms with van der Waals surface area (Å²) in [6.07, 6.45) is -1.28. The Morgan fingerprint density at radius 1 is 1.35 bits per heavy atom. The fourth-order valence-electron chi connectivity index (χ4n) is 1.53. The number of para-hydroxylation sites is 1. The Balaban J connectivity index is 2.18. The van der Waals surface area contributed by atoms with Gasteiger partial charge >= 0.3 is 5.97 Å². The summed E-state index contributed by atoms with van der Waals surface area (Å²) in [6, 6.07) is 7.51. The standard InChI is InChI=1S/C14H19NO5/c1-10-4-2-3-5-12(10)20-9-7-13(17)15-8-6-11(16)14(18)19/h2-5,11,16H,6-9H2,1H3,(H,15,17)(H,18,19)/t11-/m0/s1. The van der Waals surface area contributed by atoms with Crippen LogP contribution in [0.1, 0.15) is 18.4 Å². The van der Waals surface area contributed by atoms with Gasteiger partial charge in [-0.1, -0.05) is 18.2 Å². The molecule has 0 spiro atoms. The normalized spacial score (nSPS) is 11.7. The van der Waals surface area contributed by atoms with Crippen molar-refractivity contribution in [2.24, 2.45) is 0 Å². The number of rotatable bonds is 8. The Hall–Kier alpha value is -2.08. The maximum Gasteiger partial charge on any atom is 0.332 e. The van der Waals surface area contributed by atoms with Gasteiger partial charge in [0.05, 0.1) is 13.0 Å². The first kappa shape index (κ1) is 16.0. The maximum atomic E-state index is 11.4. The zero-order valence-corrected chi connectivity index (χ0v) is 11.3. The minimum Gasteiger partial charge on any atom is -0.493 e. The quantitative estimate of drug-likeness (QED) is 0.652. The van der Waals surface area contributed by atoms with Crippen molar-refractivity contribution in [1.29, 1.82) is 0 Å². The average molecular weight is 281 g/mol. The van der Waals surface area contributed by atoms with Crippen molar-refractivity contribution < 1.29 is 24.5 Å². The molecule has 20 heavy (non-hydrogen) atoms. The van der Waals surface area contributed by atoms with Gasteiger partial charge in [-0.2, -0.15) is 0 Å². The number of aliphatic carboxylic acids is 1. The minimum atomic E-state index is -1.45. The summed E-state index contributed by atoms with van der Waals surface area (Å²) < 4.78 is 5.47. The second-order valence-corrected chi connectivity index (χ2v) is 4.36. The summed E-state index contributed by atoms with van der Waals surface area (Å²) in [5.41, 5.74) is 0.998. The summed E-state index contributed by atoms with van der Waals surface area (Å²) in [5.74, 6) is -0.792. The van der Waals surface area contributed by atoms with E-state index in [2.05, 4.69) is 5.32 Å². The maximum absolute atomic E-state index is 11.4. The Bertz CT molecular complexity index is 461. The zero-order valence-electron chi connectivity index (χ0n) is 11.3. The molecule has 0 aromatic heterocycles. The van der Waals surface area contributed by atoms with E-state index < -0.39 is 12.1 Å². The highest BCUT2D eigenvalue weighted by Crippen LogP contribution is 2.15. The molecule has 0 fully saturated rings. The van der Waals surface area contributed by atoms with Gasteiger partial charge in [0.25, 0.3) is 0 Å². The SMILES string of the molecule is Cc1ccccc1OCCC(=O)NCC[C@H](O)C(=O)O. The second-order valence-electron chi connectivity index (χ2n) is 4.36. The zero-order chi connectivity index (χ0) is 15.0. The summed E-state index contributed by atoms with van der Waals surface area (Å²) in [4.78, 5) is 21.8. The van der Waals surface area contributed by atoms with Crippen molar-refractivity contribution in [3.63, 3.8) is 0 Å². The Kier molecular flexibility index (Phi) is 6.52. The number of benzene rings is 1. The molecule has 0 aliphatic heterocycles. The third kappa shape index (κ3) is 5.71. The van der Waals surface area contributed by atoms with E-state index in [1.807, 2.05) is 31.2 Å². The number of carboxylic acids is 1. The highest BCUT2D eigenvalue weighted by molar-refractivity contribution is 5.76. The molecule has 0 aliphatic carbocycles. The van der Waals surface area contributed by atoms with Gasteiger partial charge in [-0.05, 0) is 18.6 Å². The number of carbonyl (C=O) groups excluding carboxylic acids is 1. The van der Waals surface area contributed by atoms with Gasteiger partial charge < -0.3 is 20.3 Å². The lowest BCUT2D eigenvalue weighted by atomic mass is 10.2. The van der Waals surface area contributed by atoms with Gasteiger partial charge in [-0.15, -0.1) is 0 Å². The molecular formula is C14H19NO5. The number of aryl methyl sites for hydroxylation is 1. The lowest BCUT2D eigenvalue weighted by molar-refractivity contribution is -0.147. The van der Waals surface area contributed by atoms with Crippen molar-refractivity contribution in [2.75, 3.05) is 13.2 Å². The van der Waals surface area contributed by atoms with Crippen LogP contribution in [0, 0.1) is 6.92 Å². The van der Waals surface area contributed by atoms with Crippen molar-refractivity contribution in [1.82, 2.24) is 5.32 Å². The summed E-state index contributed by atoms with van der Waals surface area (Å²) in [5, 5.41) is 20.0. The van der Waals surface area contributed by atoms with Gasteiger partial charge in [-0.3, -0.25) is 4.79 Å². The van der Waals surface area contributed by atoms with Crippen LogP contribution in [0.15, 0.2) is 24.3 Å². The van der Waals surface area contributed by atoms with Crippen LogP contribution in [0.25, 0.3) is 0 Å². The first-order valence-electron chi connectivity index (χ1n) is 6.36. The number of ether oxygens (including phenoxy) is 1. The molecule has 1 aromatic rings. The number of hydrogen-bond acceptors (Lipinski definition) is 4. The highest BCUT2D eigenvalue weighted by Gasteiger charge is 2.12. The van der Waals surface area contributed by atoms with Crippen molar-refractivity contribution >= 4 is 11.9 Å². The van der Waals surface area contributed by atoms with Gasteiger partial charge in [0, 0.05) is 13.0 Å². The number of amides is 1. The number of aliphatic hydroxyl groups is 1. The van der Waals surface area contributed by atoms with Gasteiger partial charge in [0.1, 0.15) is 5.75 Å². The van der Waals surface area contributed by atoms with E-state index in [1.165, 1.54) is 0 Å². The van der Waals surface area contributed by atoms with Crippen molar-refractivity contribution in [3.8, 4) is 5.75 Å². The second kappa shape index (κ2) is 8.16. The molecule has 0 heterocycles. The molecule has 6 heteroatoms. The first-order valence-corrected chi connectivity index (χ1v) is 6.36. The van der Waals surface area contributed by atoms with E-state index in [9.17, 15) is 9.59 Å². The molecule has 0 bridgehead atoms. The van der Waals surface area contributed by atoms with E-state index >= 15 is 0 Å². The van der Waals surface area contributed by atoms with E-state index in [-0.39, 0.29) is 31.9 Å². The van der Waals surface area contributed by atoms with Crippen LogP contribution in [-0.4, -0.2) is 41.3 Å². The molecular weight excluding hydrogens is 262 g/mol. The van der Waals surface area contributed by atoms with Crippen molar-refractivity contribution in [3.05, 3.63) is 29.8 Å². The number of hydrogen-bond donors (Lipinski definition) is 3. The molecule has 0 saturated carbocycles. The molecule has 0 radical (unpaired) electrons. The van der Waals surface area contributed by atoms with E-state index in [4.69, 9.17) is 14.9 Å². The largest absolute Gasteiger partial charge is 0.493 e. The first-order chi connectivity index (χ1) is 9.50. The number of carboxylic acid groups (broad SMARTS) is 1. The van der Waals surface area contributed by atoms with E-state index in [1.54, 1.807) is 0 Å². The third-order valence-corrected chi connectivity index (χ3v) is 2.71. The molecule has 0 saturated heterocycles. The predicted octanol–water partition coefficient (Wildman–Crippen LogP) is 0.716.